The van der Waals surface area contributed by atoms with E-state index in [1.807, 2.05) is 6.92 Å². The van der Waals surface area contributed by atoms with Crippen molar-refractivity contribution in [3.63, 3.8) is 0 Å². The molecule has 0 saturated carbocycles. The highest BCUT2D eigenvalue weighted by Gasteiger charge is 2.19. The lowest BCUT2D eigenvalue weighted by molar-refractivity contribution is -0.138. The van der Waals surface area contributed by atoms with Gasteiger partial charge in [-0.3, -0.25) is 4.79 Å². The predicted octanol–water partition coefficient (Wildman–Crippen LogP) is 4.58. The van der Waals surface area contributed by atoms with Gasteiger partial charge < -0.3 is 4.74 Å². The van der Waals surface area contributed by atoms with Gasteiger partial charge in [-0.25, -0.2) is 0 Å². The first-order valence-electron chi connectivity index (χ1n) is 6.47. The first-order chi connectivity index (χ1) is 8.43. The fourth-order valence-electron chi connectivity index (χ4n) is 1.61. The molecule has 0 aliphatic carbocycles. The lowest BCUT2D eigenvalue weighted by Gasteiger charge is -2.22. The normalized spacial score (nSPS) is 14.6. The smallest absolute Gasteiger partial charge is 0.293 e. The summed E-state index contributed by atoms with van der Waals surface area (Å²) in [4.78, 5) is 10.4. The van der Waals surface area contributed by atoms with Gasteiger partial charge >= 0.3 is 0 Å². The third-order valence-electron chi connectivity index (χ3n) is 2.97. The van der Waals surface area contributed by atoms with E-state index in [1.165, 1.54) is 11.1 Å². The third-order valence-corrected chi connectivity index (χ3v) is 2.97. The van der Waals surface area contributed by atoms with Gasteiger partial charge in [0.25, 0.3) is 6.47 Å². The maximum absolute atomic E-state index is 10.4. The molecule has 2 heteroatoms. The lowest BCUT2D eigenvalue weighted by atomic mass is 9.98. The first kappa shape index (κ1) is 16.7. The Morgan fingerprint density at radius 3 is 2.39 bits per heavy atom. The van der Waals surface area contributed by atoms with Crippen molar-refractivity contribution in [1.29, 1.82) is 0 Å². The lowest BCUT2D eigenvalue weighted by Crippen LogP contribution is -2.24. The van der Waals surface area contributed by atoms with Gasteiger partial charge in [-0.2, -0.15) is 0 Å². The fourth-order valence-corrected chi connectivity index (χ4v) is 1.61. The molecule has 18 heavy (non-hydrogen) atoms. The highest BCUT2D eigenvalue weighted by atomic mass is 16.5. The highest BCUT2D eigenvalue weighted by molar-refractivity contribution is 5.39. The molecule has 0 fully saturated rings. The molecular weight excluding hydrogens is 224 g/mol. The van der Waals surface area contributed by atoms with Gasteiger partial charge in [-0.05, 0) is 59.5 Å². The van der Waals surface area contributed by atoms with Gasteiger partial charge in [-0.1, -0.05) is 29.9 Å². The average molecular weight is 250 g/mol. The molecular formula is C16H26O2. The van der Waals surface area contributed by atoms with E-state index in [4.69, 9.17) is 4.74 Å². The van der Waals surface area contributed by atoms with Crippen molar-refractivity contribution in [3.8, 4) is 0 Å². The summed E-state index contributed by atoms with van der Waals surface area (Å²) in [5, 5.41) is 0. The fraction of sp³-hybridized carbons (Fsp3) is 0.562. The maximum atomic E-state index is 10.4. The van der Waals surface area contributed by atoms with Crippen LogP contribution in [0.25, 0.3) is 0 Å². The molecule has 0 bridgehead atoms. The Hall–Kier alpha value is -1.31. The molecule has 0 heterocycles. The minimum Gasteiger partial charge on any atom is -0.457 e. The Balaban J connectivity index is 4.09. The van der Waals surface area contributed by atoms with Gasteiger partial charge in [0.05, 0.1) is 0 Å². The van der Waals surface area contributed by atoms with Crippen molar-refractivity contribution in [2.75, 3.05) is 0 Å². The van der Waals surface area contributed by atoms with E-state index >= 15 is 0 Å². The van der Waals surface area contributed by atoms with Gasteiger partial charge in [0.15, 0.2) is 0 Å². The summed E-state index contributed by atoms with van der Waals surface area (Å²) in [5.41, 5.74) is 2.20. The molecule has 0 aliphatic heterocycles. The molecule has 1 atom stereocenters. The topological polar surface area (TPSA) is 26.3 Å². The second-order valence-corrected chi connectivity index (χ2v) is 5.14. The van der Waals surface area contributed by atoms with Gasteiger partial charge in [-0.15, -0.1) is 0 Å². The number of hydrogen-bond donors (Lipinski definition) is 0. The van der Waals surface area contributed by atoms with E-state index in [2.05, 4.69) is 39.5 Å². The van der Waals surface area contributed by atoms with Crippen molar-refractivity contribution in [2.45, 2.75) is 59.0 Å². The van der Waals surface area contributed by atoms with Crippen LogP contribution in [0.15, 0.2) is 36.0 Å². The number of allylic oxidation sites excluding steroid dienone is 4. The monoisotopic (exact) mass is 250 g/mol. The molecule has 0 saturated heterocycles. The zero-order chi connectivity index (χ0) is 14.0. The minimum absolute atomic E-state index is 0.493. The van der Waals surface area contributed by atoms with Crippen LogP contribution in [0.3, 0.4) is 0 Å². The van der Waals surface area contributed by atoms with Crippen molar-refractivity contribution in [1.82, 2.24) is 0 Å². The van der Waals surface area contributed by atoms with Crippen molar-refractivity contribution >= 4 is 6.47 Å². The van der Waals surface area contributed by atoms with E-state index < -0.39 is 5.60 Å². The Bertz CT molecular complexity index is 322. The molecule has 2 nitrogen and oxygen atoms in total. The number of ether oxygens (including phenoxy) is 1. The molecule has 0 rings (SSSR count). The SMILES string of the molecule is C=CC(C)(CC/C=C(\C)CCC=C(C)C)OC=O. The summed E-state index contributed by atoms with van der Waals surface area (Å²) < 4.78 is 5.04. The van der Waals surface area contributed by atoms with Crippen LogP contribution < -0.4 is 0 Å². The Labute approximate surface area is 111 Å². The number of carbonyl (C=O) groups is 1. The Morgan fingerprint density at radius 2 is 1.89 bits per heavy atom. The Kier molecular flexibility index (Phi) is 8.10. The van der Waals surface area contributed by atoms with E-state index in [0.29, 0.717) is 6.47 Å². The van der Waals surface area contributed by atoms with E-state index in [0.717, 1.165) is 25.7 Å². The molecule has 0 radical (unpaired) electrons. The summed E-state index contributed by atoms with van der Waals surface area (Å²) in [5.74, 6) is 0. The summed E-state index contributed by atoms with van der Waals surface area (Å²) in [6, 6.07) is 0. The highest BCUT2D eigenvalue weighted by Crippen LogP contribution is 2.19. The molecule has 0 aliphatic rings. The van der Waals surface area contributed by atoms with Gasteiger partial charge in [0.1, 0.15) is 5.60 Å². The number of carbonyl (C=O) groups excluding carboxylic acids is 1. The molecule has 0 N–H and O–H groups in total. The summed E-state index contributed by atoms with van der Waals surface area (Å²) in [6.45, 7) is 12.5. The molecule has 0 amide bonds. The molecule has 0 aromatic carbocycles. The molecule has 102 valence electrons. The van der Waals surface area contributed by atoms with Crippen molar-refractivity contribution < 1.29 is 9.53 Å². The van der Waals surface area contributed by atoms with Crippen LogP contribution in [0.4, 0.5) is 0 Å². The summed E-state index contributed by atoms with van der Waals surface area (Å²) in [7, 11) is 0. The van der Waals surface area contributed by atoms with E-state index in [9.17, 15) is 4.79 Å². The van der Waals surface area contributed by atoms with Crippen LogP contribution in [0.5, 0.6) is 0 Å². The van der Waals surface area contributed by atoms with Gasteiger partial charge in [0.2, 0.25) is 0 Å². The van der Waals surface area contributed by atoms with Crippen molar-refractivity contribution in [2.24, 2.45) is 0 Å². The quantitative estimate of drug-likeness (QED) is 0.442. The van der Waals surface area contributed by atoms with Crippen LogP contribution in [-0.4, -0.2) is 12.1 Å². The molecule has 0 aromatic rings. The Morgan fingerprint density at radius 1 is 1.22 bits per heavy atom. The molecule has 1 unspecified atom stereocenters. The summed E-state index contributed by atoms with van der Waals surface area (Å²) >= 11 is 0. The van der Waals surface area contributed by atoms with E-state index in [1.54, 1.807) is 6.08 Å². The average Bonchev–Trinajstić information content (AvgIpc) is 2.29. The standard InChI is InChI=1S/C16H26O2/c1-6-16(5,18-13-17)12-8-11-15(4)10-7-9-14(2)3/h6,9,11,13H,1,7-8,10,12H2,2-5H3/b15-11+. The number of hydrogen-bond acceptors (Lipinski definition) is 2. The minimum atomic E-state index is -0.543. The van der Waals surface area contributed by atoms with Crippen LogP contribution >= 0.6 is 0 Å². The zero-order valence-electron chi connectivity index (χ0n) is 12.2. The second-order valence-electron chi connectivity index (χ2n) is 5.14. The maximum Gasteiger partial charge on any atom is 0.293 e. The van der Waals surface area contributed by atoms with E-state index in [-0.39, 0.29) is 0 Å². The van der Waals surface area contributed by atoms with Crippen LogP contribution in [0.1, 0.15) is 53.4 Å². The predicted molar refractivity (Wildman–Crippen MR) is 77.4 cm³/mol. The van der Waals surface area contributed by atoms with Crippen LogP contribution in [0.2, 0.25) is 0 Å². The van der Waals surface area contributed by atoms with Crippen molar-refractivity contribution in [3.05, 3.63) is 36.0 Å². The van der Waals surface area contributed by atoms with Crippen LogP contribution in [-0.2, 0) is 9.53 Å². The van der Waals surface area contributed by atoms with Gasteiger partial charge in [0, 0.05) is 0 Å². The first-order valence-corrected chi connectivity index (χ1v) is 6.47. The molecule has 0 aromatic heterocycles. The molecule has 0 spiro atoms. The third kappa shape index (κ3) is 7.88. The summed E-state index contributed by atoms with van der Waals surface area (Å²) in [6.07, 6.45) is 10.0. The largest absolute Gasteiger partial charge is 0.457 e. The second kappa shape index (κ2) is 8.73. The number of rotatable bonds is 9. The zero-order valence-corrected chi connectivity index (χ0v) is 12.2. The van der Waals surface area contributed by atoms with Crippen LogP contribution in [0, 0.1) is 0 Å².